The van der Waals surface area contributed by atoms with E-state index in [9.17, 15) is 4.79 Å². The molecule has 1 heterocycles. The number of fused-ring (bicyclic) bond motifs is 1. The molecule has 1 aromatic carbocycles. The fourth-order valence-electron chi connectivity index (χ4n) is 2.54. The topological polar surface area (TPSA) is 34.9 Å². The average Bonchev–Trinajstić information content (AvgIpc) is 2.96. The van der Waals surface area contributed by atoms with Gasteiger partial charge in [-0.2, -0.15) is 5.10 Å². The van der Waals surface area contributed by atoms with E-state index in [0.29, 0.717) is 5.56 Å². The molecule has 3 nitrogen and oxygen atoms in total. The van der Waals surface area contributed by atoms with Crippen LogP contribution in [0.25, 0.3) is 0 Å². The summed E-state index contributed by atoms with van der Waals surface area (Å²) in [6, 6.07) is 6.67. The molecule has 0 radical (unpaired) electrons. The number of hydrogen-bond donors (Lipinski definition) is 0. The summed E-state index contributed by atoms with van der Waals surface area (Å²) < 4.78 is 1.83. The number of aryl methyl sites for hydroxylation is 2. The molecule has 18 heavy (non-hydrogen) atoms. The predicted octanol–water partition coefficient (Wildman–Crippen LogP) is 2.62. The van der Waals surface area contributed by atoms with E-state index in [1.54, 1.807) is 13.1 Å². The quantitative estimate of drug-likeness (QED) is 0.773. The van der Waals surface area contributed by atoms with Crippen LogP contribution in [0.2, 0.25) is 0 Å². The minimum atomic E-state index is 0.0650. The van der Waals surface area contributed by atoms with E-state index in [0.717, 1.165) is 6.54 Å². The van der Waals surface area contributed by atoms with Gasteiger partial charge in [-0.05, 0) is 42.9 Å². The molecule has 0 atom stereocenters. The van der Waals surface area contributed by atoms with Crippen molar-refractivity contribution in [1.29, 1.82) is 0 Å². The fourth-order valence-corrected chi connectivity index (χ4v) is 2.54. The molecule has 0 aliphatic heterocycles. The lowest BCUT2D eigenvalue weighted by atomic mass is 10.1. The van der Waals surface area contributed by atoms with E-state index in [4.69, 9.17) is 0 Å². The van der Waals surface area contributed by atoms with Crippen molar-refractivity contribution in [2.75, 3.05) is 0 Å². The zero-order valence-electron chi connectivity index (χ0n) is 10.5. The fraction of sp³-hybridized carbons (Fsp3) is 0.333. The lowest BCUT2D eigenvalue weighted by Gasteiger charge is -2.05. The van der Waals surface area contributed by atoms with E-state index in [2.05, 4.69) is 23.3 Å². The molecule has 3 rings (SSSR count). The van der Waals surface area contributed by atoms with Gasteiger partial charge in [0.1, 0.15) is 0 Å². The first-order valence-corrected chi connectivity index (χ1v) is 6.36. The molecule has 0 N–H and O–H groups in total. The highest BCUT2D eigenvalue weighted by Gasteiger charge is 2.11. The lowest BCUT2D eigenvalue weighted by Crippen LogP contribution is -2.01. The summed E-state index contributed by atoms with van der Waals surface area (Å²) >= 11 is 0. The minimum Gasteiger partial charge on any atom is -0.294 e. The van der Waals surface area contributed by atoms with Gasteiger partial charge >= 0.3 is 0 Å². The molecule has 1 aliphatic carbocycles. The average molecular weight is 240 g/mol. The van der Waals surface area contributed by atoms with Gasteiger partial charge in [-0.25, -0.2) is 0 Å². The molecule has 0 amide bonds. The minimum absolute atomic E-state index is 0.0650. The number of carbonyl (C=O) groups is 1. The summed E-state index contributed by atoms with van der Waals surface area (Å²) in [5.74, 6) is 0.0650. The molecule has 0 saturated heterocycles. The third-order valence-electron chi connectivity index (χ3n) is 3.55. The van der Waals surface area contributed by atoms with Crippen LogP contribution in [0.5, 0.6) is 0 Å². The van der Waals surface area contributed by atoms with Crippen LogP contribution in [0.1, 0.15) is 40.4 Å². The predicted molar refractivity (Wildman–Crippen MR) is 69.8 cm³/mol. The van der Waals surface area contributed by atoms with Gasteiger partial charge in [-0.15, -0.1) is 0 Å². The molecule has 0 saturated carbocycles. The van der Waals surface area contributed by atoms with Crippen molar-refractivity contribution in [2.24, 2.45) is 0 Å². The van der Waals surface area contributed by atoms with Crippen LogP contribution in [0.3, 0.4) is 0 Å². The van der Waals surface area contributed by atoms with Crippen molar-refractivity contribution in [3.63, 3.8) is 0 Å². The molecular weight excluding hydrogens is 224 g/mol. The number of aromatic nitrogens is 2. The van der Waals surface area contributed by atoms with Gasteiger partial charge in [-0.3, -0.25) is 9.48 Å². The van der Waals surface area contributed by atoms with E-state index < -0.39 is 0 Å². The maximum atomic E-state index is 11.2. The Balaban J connectivity index is 1.81. The summed E-state index contributed by atoms with van der Waals surface area (Å²) in [5, 5.41) is 4.22. The molecule has 1 aliphatic rings. The maximum absolute atomic E-state index is 11.2. The van der Waals surface area contributed by atoms with Crippen LogP contribution in [-0.4, -0.2) is 15.6 Å². The zero-order valence-corrected chi connectivity index (χ0v) is 10.5. The SMILES string of the molecule is CC(=O)c1cnn(Cc2ccc3c(c2)CCC3)c1. The molecule has 1 aromatic heterocycles. The Bertz CT molecular complexity index is 598. The van der Waals surface area contributed by atoms with Crippen molar-refractivity contribution in [1.82, 2.24) is 9.78 Å². The Morgan fingerprint density at radius 3 is 2.94 bits per heavy atom. The summed E-state index contributed by atoms with van der Waals surface area (Å²) in [6.07, 6.45) is 7.13. The van der Waals surface area contributed by atoms with E-state index >= 15 is 0 Å². The van der Waals surface area contributed by atoms with Crippen LogP contribution < -0.4 is 0 Å². The Hall–Kier alpha value is -1.90. The second kappa shape index (κ2) is 4.41. The van der Waals surface area contributed by atoms with Gasteiger partial charge in [0, 0.05) is 6.20 Å². The lowest BCUT2D eigenvalue weighted by molar-refractivity contribution is 0.101. The Morgan fingerprint density at radius 1 is 1.33 bits per heavy atom. The summed E-state index contributed by atoms with van der Waals surface area (Å²) in [6.45, 7) is 2.30. The summed E-state index contributed by atoms with van der Waals surface area (Å²) in [5.41, 5.74) is 4.90. The van der Waals surface area contributed by atoms with Crippen LogP contribution >= 0.6 is 0 Å². The first kappa shape index (κ1) is 11.2. The molecule has 2 aromatic rings. The molecule has 0 bridgehead atoms. The Labute approximate surface area is 106 Å². The smallest absolute Gasteiger partial charge is 0.162 e. The second-order valence-corrected chi connectivity index (χ2v) is 4.94. The third kappa shape index (κ3) is 2.08. The third-order valence-corrected chi connectivity index (χ3v) is 3.55. The number of Topliss-reactive ketones (excluding diaryl/α,β-unsaturated/α-hetero) is 1. The van der Waals surface area contributed by atoms with Crippen LogP contribution in [0, 0.1) is 0 Å². The van der Waals surface area contributed by atoms with Crippen molar-refractivity contribution in [3.05, 3.63) is 52.8 Å². The first-order chi connectivity index (χ1) is 8.72. The van der Waals surface area contributed by atoms with Gasteiger partial charge in [0.25, 0.3) is 0 Å². The van der Waals surface area contributed by atoms with Crippen molar-refractivity contribution >= 4 is 5.78 Å². The highest BCUT2D eigenvalue weighted by atomic mass is 16.1. The maximum Gasteiger partial charge on any atom is 0.162 e. The number of hydrogen-bond acceptors (Lipinski definition) is 2. The van der Waals surface area contributed by atoms with Gasteiger partial charge < -0.3 is 0 Å². The summed E-state index contributed by atoms with van der Waals surface area (Å²) in [7, 11) is 0. The molecular formula is C15H16N2O. The van der Waals surface area contributed by atoms with Gasteiger partial charge in [0.05, 0.1) is 18.3 Å². The number of rotatable bonds is 3. The number of nitrogens with zero attached hydrogens (tertiary/aromatic N) is 2. The Kier molecular flexibility index (Phi) is 2.74. The standard InChI is InChI=1S/C15H16N2O/c1-11(18)15-8-16-17(10-15)9-12-5-6-13-3-2-4-14(13)7-12/h5-8,10H,2-4,9H2,1H3. The highest BCUT2D eigenvalue weighted by Crippen LogP contribution is 2.23. The molecule has 0 fully saturated rings. The van der Waals surface area contributed by atoms with Gasteiger partial charge in [0.2, 0.25) is 0 Å². The molecule has 0 unspecified atom stereocenters. The van der Waals surface area contributed by atoms with E-state index in [1.807, 2.05) is 10.9 Å². The highest BCUT2D eigenvalue weighted by molar-refractivity contribution is 5.93. The summed E-state index contributed by atoms with van der Waals surface area (Å²) in [4.78, 5) is 11.2. The van der Waals surface area contributed by atoms with Crippen LogP contribution in [-0.2, 0) is 19.4 Å². The molecule has 92 valence electrons. The van der Waals surface area contributed by atoms with Crippen LogP contribution in [0.4, 0.5) is 0 Å². The van der Waals surface area contributed by atoms with Gasteiger partial charge in [0.15, 0.2) is 5.78 Å². The number of carbonyl (C=O) groups excluding carboxylic acids is 1. The molecule has 3 heteroatoms. The first-order valence-electron chi connectivity index (χ1n) is 6.36. The normalized spacial score (nSPS) is 13.6. The number of benzene rings is 1. The monoisotopic (exact) mass is 240 g/mol. The largest absolute Gasteiger partial charge is 0.294 e. The van der Waals surface area contributed by atoms with Crippen molar-refractivity contribution < 1.29 is 4.79 Å². The van der Waals surface area contributed by atoms with Gasteiger partial charge in [-0.1, -0.05) is 18.2 Å². The van der Waals surface area contributed by atoms with Crippen LogP contribution in [0.15, 0.2) is 30.6 Å². The van der Waals surface area contributed by atoms with E-state index in [1.165, 1.54) is 36.0 Å². The number of ketones is 1. The van der Waals surface area contributed by atoms with E-state index in [-0.39, 0.29) is 5.78 Å². The Morgan fingerprint density at radius 2 is 2.17 bits per heavy atom. The van der Waals surface area contributed by atoms with Crippen molar-refractivity contribution in [2.45, 2.75) is 32.7 Å². The second-order valence-electron chi connectivity index (χ2n) is 4.94. The zero-order chi connectivity index (χ0) is 12.5. The van der Waals surface area contributed by atoms with Crippen molar-refractivity contribution in [3.8, 4) is 0 Å². The molecule has 0 spiro atoms.